The third-order valence-corrected chi connectivity index (χ3v) is 2.95. The van der Waals surface area contributed by atoms with Gasteiger partial charge in [0.25, 0.3) is 11.8 Å². The highest BCUT2D eigenvalue weighted by Gasteiger charge is 2.14. The summed E-state index contributed by atoms with van der Waals surface area (Å²) in [5, 5.41) is 6.38. The minimum Gasteiger partial charge on any atom is -0.471 e. The van der Waals surface area contributed by atoms with Gasteiger partial charge in [0.1, 0.15) is 12.4 Å². The van der Waals surface area contributed by atoms with Crippen LogP contribution in [0.3, 0.4) is 0 Å². The summed E-state index contributed by atoms with van der Waals surface area (Å²) in [5.41, 5.74) is 1.01. The van der Waals surface area contributed by atoms with E-state index in [-0.39, 0.29) is 24.1 Å². The van der Waals surface area contributed by atoms with E-state index >= 15 is 0 Å². The van der Waals surface area contributed by atoms with Crippen LogP contribution in [0.2, 0.25) is 0 Å². The number of furan rings is 1. The zero-order valence-corrected chi connectivity index (χ0v) is 11.7. The van der Waals surface area contributed by atoms with Crippen molar-refractivity contribution in [2.45, 2.75) is 13.2 Å². The molecule has 0 atom stereocenters. The van der Waals surface area contributed by atoms with Crippen molar-refractivity contribution in [3.63, 3.8) is 0 Å². The molecule has 2 aromatic heterocycles. The molecule has 0 aliphatic carbocycles. The van der Waals surface area contributed by atoms with Crippen LogP contribution in [0, 0.1) is 0 Å². The summed E-state index contributed by atoms with van der Waals surface area (Å²) >= 11 is 0. The van der Waals surface area contributed by atoms with E-state index in [9.17, 15) is 4.79 Å². The molecule has 0 bridgehead atoms. The lowest BCUT2D eigenvalue weighted by atomic mass is 10.2. The molecule has 3 aromatic rings. The highest BCUT2D eigenvalue weighted by Crippen LogP contribution is 2.13. The number of ether oxygens (including phenoxy) is 1. The van der Waals surface area contributed by atoms with E-state index in [0.29, 0.717) is 12.4 Å². The molecule has 0 unspecified atom stereocenters. The molecule has 3 rings (SSSR count). The van der Waals surface area contributed by atoms with E-state index in [1.165, 1.54) is 6.07 Å². The van der Waals surface area contributed by atoms with Gasteiger partial charge in [0.2, 0.25) is 5.76 Å². The lowest BCUT2D eigenvalue weighted by Gasteiger charge is -2.01. The molecule has 0 fully saturated rings. The Bertz CT molecular complexity index is 720. The molecular formula is C16H14N2O4. The number of hydrogen-bond acceptors (Lipinski definition) is 5. The number of carbonyl (C=O) groups is 1. The van der Waals surface area contributed by atoms with Gasteiger partial charge in [0.05, 0.1) is 18.9 Å². The quantitative estimate of drug-likeness (QED) is 0.757. The number of rotatable bonds is 6. The van der Waals surface area contributed by atoms with Gasteiger partial charge in [-0.15, -0.1) is 0 Å². The Kier molecular flexibility index (Phi) is 4.20. The standard InChI is InChI=1S/C16H14N2O4/c19-16(17-10-13-7-4-8-20-13)14-9-15(18-22-14)21-11-12-5-2-1-3-6-12/h1-9H,10-11H2,(H,17,19). The van der Waals surface area contributed by atoms with Crippen LogP contribution >= 0.6 is 0 Å². The minimum absolute atomic E-state index is 0.0922. The molecule has 0 aliphatic rings. The van der Waals surface area contributed by atoms with Gasteiger partial charge < -0.3 is 19.0 Å². The molecule has 0 saturated heterocycles. The molecule has 1 N–H and O–H groups in total. The van der Waals surface area contributed by atoms with Crippen molar-refractivity contribution < 1.29 is 18.5 Å². The summed E-state index contributed by atoms with van der Waals surface area (Å²) < 4.78 is 15.6. The summed E-state index contributed by atoms with van der Waals surface area (Å²) in [5.74, 6) is 0.647. The molecule has 6 heteroatoms. The first kappa shape index (κ1) is 13.9. The summed E-state index contributed by atoms with van der Waals surface area (Å²) in [4.78, 5) is 11.9. The average Bonchev–Trinajstić information content (AvgIpc) is 3.23. The molecule has 1 aromatic carbocycles. The first-order chi connectivity index (χ1) is 10.8. The first-order valence-electron chi connectivity index (χ1n) is 6.75. The molecule has 0 aliphatic heterocycles. The predicted octanol–water partition coefficient (Wildman–Crippen LogP) is 2.78. The second-order valence-electron chi connectivity index (χ2n) is 4.57. The maximum atomic E-state index is 11.9. The van der Waals surface area contributed by atoms with Gasteiger partial charge in [0, 0.05) is 0 Å². The van der Waals surface area contributed by atoms with Crippen LogP contribution in [0.5, 0.6) is 5.88 Å². The van der Waals surface area contributed by atoms with Gasteiger partial charge in [-0.3, -0.25) is 4.79 Å². The van der Waals surface area contributed by atoms with Crippen molar-refractivity contribution in [3.05, 3.63) is 71.9 Å². The van der Waals surface area contributed by atoms with E-state index in [2.05, 4.69) is 10.5 Å². The second kappa shape index (κ2) is 6.62. The van der Waals surface area contributed by atoms with Crippen molar-refractivity contribution in [2.75, 3.05) is 0 Å². The molecule has 1 amide bonds. The van der Waals surface area contributed by atoms with Gasteiger partial charge in [-0.2, -0.15) is 0 Å². The summed E-state index contributed by atoms with van der Waals surface area (Å²) in [6.07, 6.45) is 1.55. The van der Waals surface area contributed by atoms with Crippen molar-refractivity contribution in [3.8, 4) is 5.88 Å². The molecule has 0 radical (unpaired) electrons. The number of hydrogen-bond donors (Lipinski definition) is 1. The van der Waals surface area contributed by atoms with E-state index < -0.39 is 0 Å². The SMILES string of the molecule is O=C(NCc1ccco1)c1cc(OCc2ccccc2)no1. The number of aromatic nitrogens is 1. The summed E-state index contributed by atoms with van der Waals surface area (Å²) in [7, 11) is 0. The first-order valence-corrected chi connectivity index (χ1v) is 6.75. The third-order valence-electron chi connectivity index (χ3n) is 2.95. The molecule has 0 saturated carbocycles. The normalized spacial score (nSPS) is 10.4. The maximum absolute atomic E-state index is 11.9. The van der Waals surface area contributed by atoms with Crippen molar-refractivity contribution in [1.29, 1.82) is 0 Å². The van der Waals surface area contributed by atoms with E-state index in [4.69, 9.17) is 13.7 Å². The fourth-order valence-corrected chi connectivity index (χ4v) is 1.83. The molecule has 6 nitrogen and oxygen atoms in total. The van der Waals surface area contributed by atoms with Crippen molar-refractivity contribution in [2.24, 2.45) is 0 Å². The smallest absolute Gasteiger partial charge is 0.290 e. The zero-order chi connectivity index (χ0) is 15.2. The third kappa shape index (κ3) is 3.54. The lowest BCUT2D eigenvalue weighted by Crippen LogP contribution is -2.21. The van der Waals surface area contributed by atoms with E-state index in [1.54, 1.807) is 18.4 Å². The van der Waals surface area contributed by atoms with Crippen molar-refractivity contribution >= 4 is 5.91 Å². The topological polar surface area (TPSA) is 77.5 Å². The number of amides is 1. The van der Waals surface area contributed by atoms with Gasteiger partial charge in [-0.05, 0) is 22.9 Å². The Hall–Kier alpha value is -3.02. The molecule has 2 heterocycles. The number of nitrogens with one attached hydrogen (secondary N) is 1. The highest BCUT2D eigenvalue weighted by atomic mass is 16.5. The lowest BCUT2D eigenvalue weighted by molar-refractivity contribution is 0.0910. The van der Waals surface area contributed by atoms with Crippen LogP contribution in [-0.2, 0) is 13.2 Å². The highest BCUT2D eigenvalue weighted by molar-refractivity contribution is 5.91. The van der Waals surface area contributed by atoms with Crippen LogP contribution in [0.25, 0.3) is 0 Å². The Morgan fingerprint density at radius 2 is 2.05 bits per heavy atom. The Morgan fingerprint density at radius 3 is 2.82 bits per heavy atom. The second-order valence-corrected chi connectivity index (χ2v) is 4.57. The van der Waals surface area contributed by atoms with E-state index in [0.717, 1.165) is 5.56 Å². The largest absolute Gasteiger partial charge is 0.471 e. The van der Waals surface area contributed by atoms with Crippen LogP contribution < -0.4 is 10.1 Å². The van der Waals surface area contributed by atoms with Crippen LogP contribution in [0.15, 0.2) is 63.7 Å². The van der Waals surface area contributed by atoms with Crippen LogP contribution in [-0.4, -0.2) is 11.1 Å². The number of carbonyl (C=O) groups excluding carboxylic acids is 1. The fourth-order valence-electron chi connectivity index (χ4n) is 1.83. The Balaban J connectivity index is 1.53. The Labute approximate surface area is 126 Å². The number of nitrogens with zero attached hydrogens (tertiary/aromatic N) is 1. The predicted molar refractivity (Wildman–Crippen MR) is 77.2 cm³/mol. The van der Waals surface area contributed by atoms with Gasteiger partial charge in [-0.25, -0.2) is 0 Å². The van der Waals surface area contributed by atoms with Crippen molar-refractivity contribution in [1.82, 2.24) is 10.5 Å². The number of benzene rings is 1. The molecule has 0 spiro atoms. The molecule has 22 heavy (non-hydrogen) atoms. The average molecular weight is 298 g/mol. The zero-order valence-electron chi connectivity index (χ0n) is 11.7. The molecular weight excluding hydrogens is 284 g/mol. The minimum atomic E-state index is -0.376. The monoisotopic (exact) mass is 298 g/mol. The van der Waals surface area contributed by atoms with Gasteiger partial charge in [-0.1, -0.05) is 30.3 Å². The van der Waals surface area contributed by atoms with Crippen LogP contribution in [0.4, 0.5) is 0 Å². The van der Waals surface area contributed by atoms with Crippen LogP contribution in [0.1, 0.15) is 21.9 Å². The Morgan fingerprint density at radius 1 is 1.18 bits per heavy atom. The molecule has 112 valence electrons. The summed E-state index contributed by atoms with van der Waals surface area (Å²) in [6, 6.07) is 14.7. The van der Waals surface area contributed by atoms with Gasteiger partial charge >= 0.3 is 0 Å². The maximum Gasteiger partial charge on any atom is 0.290 e. The van der Waals surface area contributed by atoms with E-state index in [1.807, 2.05) is 30.3 Å². The fraction of sp³-hybridized carbons (Fsp3) is 0.125. The van der Waals surface area contributed by atoms with Gasteiger partial charge in [0.15, 0.2) is 0 Å². The summed E-state index contributed by atoms with van der Waals surface area (Å²) in [6.45, 7) is 0.646.